The topological polar surface area (TPSA) is 28.2 Å². The number of aryl methyl sites for hydroxylation is 1. The minimum Gasteiger partial charge on any atom is -0.312 e. The normalized spacial score (nSPS) is 12.1. The summed E-state index contributed by atoms with van der Waals surface area (Å²) in [5.74, 6) is 0. The van der Waals surface area contributed by atoms with Crippen LogP contribution in [0.5, 0.6) is 0 Å². The second-order valence-corrected chi connectivity index (χ2v) is 6.88. The van der Waals surface area contributed by atoms with Gasteiger partial charge in [-0.15, -0.1) is 0 Å². The number of aromatic nitrogens is 1. The Bertz CT molecular complexity index is 396. The van der Waals surface area contributed by atoms with Crippen LogP contribution in [-0.4, -0.2) is 35.1 Å². The minimum absolute atomic E-state index is 0.242. The molecule has 0 spiro atoms. The maximum atomic E-state index is 4.59. The first-order chi connectivity index (χ1) is 9.90. The van der Waals surface area contributed by atoms with E-state index in [0.717, 1.165) is 25.3 Å². The van der Waals surface area contributed by atoms with Crippen molar-refractivity contribution in [1.82, 2.24) is 15.2 Å². The van der Waals surface area contributed by atoms with Gasteiger partial charge in [0.15, 0.2) is 0 Å². The van der Waals surface area contributed by atoms with E-state index in [4.69, 9.17) is 0 Å². The second kappa shape index (κ2) is 9.16. The maximum Gasteiger partial charge on any atom is 0.0547 e. The fourth-order valence-corrected chi connectivity index (χ4v) is 2.37. The van der Waals surface area contributed by atoms with Gasteiger partial charge < -0.3 is 5.32 Å². The van der Waals surface area contributed by atoms with Gasteiger partial charge in [0.25, 0.3) is 0 Å². The maximum absolute atomic E-state index is 4.59. The summed E-state index contributed by atoms with van der Waals surface area (Å²) >= 11 is 0. The van der Waals surface area contributed by atoms with Gasteiger partial charge in [-0.3, -0.25) is 9.88 Å². The lowest BCUT2D eigenvalue weighted by atomic mass is 10.1. The molecule has 3 heteroatoms. The van der Waals surface area contributed by atoms with Gasteiger partial charge in [0.1, 0.15) is 0 Å². The van der Waals surface area contributed by atoms with Crippen molar-refractivity contribution in [3.8, 4) is 0 Å². The van der Waals surface area contributed by atoms with Crippen LogP contribution in [0.25, 0.3) is 0 Å². The van der Waals surface area contributed by atoms with E-state index >= 15 is 0 Å². The lowest BCUT2D eigenvalue weighted by molar-refractivity contribution is 0.268. The molecule has 1 rings (SSSR count). The number of unbranched alkanes of at least 4 members (excludes halogenated alkanes) is 2. The molecule has 0 saturated carbocycles. The molecule has 3 nitrogen and oxygen atoms in total. The Morgan fingerprint density at radius 2 is 1.90 bits per heavy atom. The first-order valence-corrected chi connectivity index (χ1v) is 8.30. The van der Waals surface area contributed by atoms with E-state index in [0.29, 0.717) is 0 Å². The van der Waals surface area contributed by atoms with Crippen LogP contribution < -0.4 is 5.32 Å². The summed E-state index contributed by atoms with van der Waals surface area (Å²) in [4.78, 5) is 7.08. The Labute approximate surface area is 131 Å². The van der Waals surface area contributed by atoms with Gasteiger partial charge >= 0.3 is 0 Å². The Hall–Kier alpha value is -0.930. The van der Waals surface area contributed by atoms with E-state index in [2.05, 4.69) is 68.0 Å². The molecule has 1 aromatic rings. The van der Waals surface area contributed by atoms with Crippen LogP contribution in [-0.2, 0) is 6.54 Å². The number of rotatable bonds is 9. The van der Waals surface area contributed by atoms with E-state index < -0.39 is 0 Å². The molecule has 21 heavy (non-hydrogen) atoms. The van der Waals surface area contributed by atoms with Crippen LogP contribution in [0.1, 0.15) is 58.3 Å². The highest BCUT2D eigenvalue weighted by molar-refractivity contribution is 5.09. The summed E-state index contributed by atoms with van der Waals surface area (Å²) in [6.45, 7) is 15.3. The molecule has 0 unspecified atom stereocenters. The third kappa shape index (κ3) is 8.84. The third-order valence-corrected chi connectivity index (χ3v) is 3.59. The molecule has 120 valence electrons. The second-order valence-electron chi connectivity index (χ2n) is 6.88. The Balaban J connectivity index is 2.20. The first-order valence-electron chi connectivity index (χ1n) is 8.30. The Kier molecular flexibility index (Phi) is 7.91. The molecule has 0 saturated heterocycles. The van der Waals surface area contributed by atoms with Crippen molar-refractivity contribution in [2.45, 2.75) is 66.0 Å². The summed E-state index contributed by atoms with van der Waals surface area (Å²) in [6, 6.07) is 6.29. The molecule has 0 radical (unpaired) electrons. The quantitative estimate of drug-likeness (QED) is 0.702. The number of pyridine rings is 1. The van der Waals surface area contributed by atoms with Crippen LogP contribution >= 0.6 is 0 Å². The van der Waals surface area contributed by atoms with Crippen molar-refractivity contribution < 1.29 is 0 Å². The number of hydrogen-bond acceptors (Lipinski definition) is 3. The molecule has 1 heterocycles. The lowest BCUT2D eigenvalue weighted by Gasteiger charge is -2.21. The van der Waals surface area contributed by atoms with Gasteiger partial charge in [-0.2, -0.15) is 0 Å². The fourth-order valence-electron chi connectivity index (χ4n) is 2.37. The van der Waals surface area contributed by atoms with E-state index in [1.54, 1.807) is 0 Å². The van der Waals surface area contributed by atoms with Crippen molar-refractivity contribution >= 4 is 0 Å². The van der Waals surface area contributed by atoms with Crippen molar-refractivity contribution in [3.05, 3.63) is 29.6 Å². The number of nitrogens with zero attached hydrogens (tertiary/aromatic N) is 2. The highest BCUT2D eigenvalue weighted by Gasteiger charge is 2.08. The molecule has 1 aromatic heterocycles. The third-order valence-electron chi connectivity index (χ3n) is 3.59. The molecule has 0 aliphatic heterocycles. The monoisotopic (exact) mass is 291 g/mol. The standard InChI is InChI=1S/C18H33N3/c1-6-21(15-17-12-10-11-16(2)20-17)14-9-7-8-13-19-18(3,4)5/h10-12,19H,6-9,13-15H2,1-5H3. The van der Waals surface area contributed by atoms with Crippen molar-refractivity contribution in [2.75, 3.05) is 19.6 Å². The first kappa shape index (κ1) is 18.1. The lowest BCUT2D eigenvalue weighted by Crippen LogP contribution is -2.36. The van der Waals surface area contributed by atoms with Gasteiger partial charge in [-0.25, -0.2) is 0 Å². The van der Waals surface area contributed by atoms with Crippen LogP contribution in [0, 0.1) is 6.92 Å². The van der Waals surface area contributed by atoms with Gasteiger partial charge in [0.2, 0.25) is 0 Å². The van der Waals surface area contributed by atoms with Crippen LogP contribution in [0.2, 0.25) is 0 Å². The summed E-state index contributed by atoms with van der Waals surface area (Å²) in [5.41, 5.74) is 2.54. The molecule has 0 aliphatic carbocycles. The zero-order valence-electron chi connectivity index (χ0n) is 14.6. The predicted molar refractivity (Wildman–Crippen MR) is 91.5 cm³/mol. The fraction of sp³-hybridized carbons (Fsp3) is 0.722. The van der Waals surface area contributed by atoms with E-state index in [9.17, 15) is 0 Å². The van der Waals surface area contributed by atoms with E-state index in [1.807, 2.05) is 0 Å². The highest BCUT2D eigenvalue weighted by Crippen LogP contribution is 2.06. The van der Waals surface area contributed by atoms with Crippen LogP contribution in [0.3, 0.4) is 0 Å². The zero-order chi connectivity index (χ0) is 15.7. The number of hydrogen-bond donors (Lipinski definition) is 1. The average Bonchev–Trinajstić information content (AvgIpc) is 2.40. The highest BCUT2D eigenvalue weighted by atomic mass is 15.1. The Morgan fingerprint density at radius 1 is 1.14 bits per heavy atom. The number of nitrogens with one attached hydrogen (secondary N) is 1. The molecule has 0 aromatic carbocycles. The van der Waals surface area contributed by atoms with Gasteiger partial charge in [0, 0.05) is 17.8 Å². The van der Waals surface area contributed by atoms with Crippen molar-refractivity contribution in [3.63, 3.8) is 0 Å². The molecule has 0 aliphatic rings. The largest absolute Gasteiger partial charge is 0.312 e. The molecule has 0 fully saturated rings. The minimum atomic E-state index is 0.242. The van der Waals surface area contributed by atoms with Crippen LogP contribution in [0.15, 0.2) is 18.2 Å². The van der Waals surface area contributed by atoms with Crippen molar-refractivity contribution in [2.24, 2.45) is 0 Å². The van der Waals surface area contributed by atoms with Gasteiger partial charge in [-0.1, -0.05) is 19.4 Å². The summed E-state index contributed by atoms with van der Waals surface area (Å²) in [5, 5.41) is 3.55. The molecule has 1 N–H and O–H groups in total. The average molecular weight is 291 g/mol. The van der Waals surface area contributed by atoms with Crippen molar-refractivity contribution in [1.29, 1.82) is 0 Å². The molecule has 0 atom stereocenters. The zero-order valence-corrected chi connectivity index (χ0v) is 14.6. The SMILES string of the molecule is CCN(CCCCCNC(C)(C)C)Cc1cccc(C)n1. The molecular formula is C18H33N3. The summed E-state index contributed by atoms with van der Waals surface area (Å²) in [6.07, 6.45) is 3.82. The van der Waals surface area contributed by atoms with Gasteiger partial charge in [-0.05, 0) is 72.3 Å². The van der Waals surface area contributed by atoms with Gasteiger partial charge in [0.05, 0.1) is 5.69 Å². The van der Waals surface area contributed by atoms with E-state index in [-0.39, 0.29) is 5.54 Å². The summed E-state index contributed by atoms with van der Waals surface area (Å²) < 4.78 is 0. The van der Waals surface area contributed by atoms with E-state index in [1.165, 1.54) is 31.5 Å². The Morgan fingerprint density at radius 3 is 2.52 bits per heavy atom. The molecular weight excluding hydrogens is 258 g/mol. The molecule has 0 bridgehead atoms. The predicted octanol–water partition coefficient (Wildman–Crippen LogP) is 3.77. The van der Waals surface area contributed by atoms with Crippen LogP contribution in [0.4, 0.5) is 0 Å². The summed E-state index contributed by atoms with van der Waals surface area (Å²) in [7, 11) is 0. The smallest absolute Gasteiger partial charge is 0.0547 e. The molecule has 0 amide bonds.